The van der Waals surface area contributed by atoms with Crippen LogP contribution in [0.4, 0.5) is 5.69 Å². The molecule has 2 N–H and O–H groups in total. The number of carbonyl (C=O) groups excluding carboxylic acids is 2. The first-order valence-electron chi connectivity index (χ1n) is 8.88. The van der Waals surface area contributed by atoms with Gasteiger partial charge in [-0.3, -0.25) is 14.6 Å². The summed E-state index contributed by atoms with van der Waals surface area (Å²) in [6.07, 6.45) is 3.76. The Kier molecular flexibility index (Phi) is 6.14. The molecule has 1 unspecified atom stereocenters. The molecule has 0 spiro atoms. The highest BCUT2D eigenvalue weighted by Crippen LogP contribution is 2.23. The van der Waals surface area contributed by atoms with Crippen LogP contribution in [0.15, 0.2) is 42.7 Å². The molecule has 0 saturated carbocycles. The third kappa shape index (κ3) is 5.15. The SMILES string of the molecule is CCC(C)NC(=O)c1cncc(C(=O)Nc2ccc(C(C)(C)C)cc2)c1. The van der Waals surface area contributed by atoms with Gasteiger partial charge in [0.05, 0.1) is 11.1 Å². The van der Waals surface area contributed by atoms with Gasteiger partial charge in [-0.05, 0) is 42.5 Å². The van der Waals surface area contributed by atoms with Crippen molar-refractivity contribution in [3.8, 4) is 0 Å². The molecule has 0 aliphatic carbocycles. The van der Waals surface area contributed by atoms with Crippen molar-refractivity contribution in [3.63, 3.8) is 0 Å². The van der Waals surface area contributed by atoms with E-state index >= 15 is 0 Å². The molecule has 1 heterocycles. The highest BCUT2D eigenvalue weighted by atomic mass is 16.2. The van der Waals surface area contributed by atoms with E-state index in [2.05, 4.69) is 36.4 Å². The van der Waals surface area contributed by atoms with E-state index in [1.54, 1.807) is 6.07 Å². The number of hydrogen-bond acceptors (Lipinski definition) is 3. The summed E-state index contributed by atoms with van der Waals surface area (Å²) in [7, 11) is 0. The molecule has 1 atom stereocenters. The normalized spacial score (nSPS) is 12.3. The van der Waals surface area contributed by atoms with Gasteiger partial charge in [0.1, 0.15) is 0 Å². The molecule has 0 fully saturated rings. The lowest BCUT2D eigenvalue weighted by Crippen LogP contribution is -2.32. The van der Waals surface area contributed by atoms with Crippen LogP contribution >= 0.6 is 0 Å². The molecule has 0 bridgehead atoms. The maximum Gasteiger partial charge on any atom is 0.257 e. The minimum atomic E-state index is -0.292. The predicted molar refractivity (Wildman–Crippen MR) is 105 cm³/mol. The van der Waals surface area contributed by atoms with E-state index in [0.717, 1.165) is 6.42 Å². The van der Waals surface area contributed by atoms with Gasteiger partial charge in [0.25, 0.3) is 11.8 Å². The van der Waals surface area contributed by atoms with Crippen LogP contribution in [0.25, 0.3) is 0 Å². The summed E-state index contributed by atoms with van der Waals surface area (Å²) in [5.74, 6) is -0.518. The first-order valence-corrected chi connectivity index (χ1v) is 8.88. The molecule has 2 aromatic rings. The lowest BCUT2D eigenvalue weighted by Gasteiger charge is -2.19. The quantitative estimate of drug-likeness (QED) is 0.848. The Morgan fingerprint density at radius 1 is 1.04 bits per heavy atom. The van der Waals surface area contributed by atoms with Crippen LogP contribution in [0.3, 0.4) is 0 Å². The van der Waals surface area contributed by atoms with Gasteiger partial charge in [0, 0.05) is 24.1 Å². The second kappa shape index (κ2) is 8.13. The van der Waals surface area contributed by atoms with Crippen LogP contribution in [0, 0.1) is 0 Å². The average molecular weight is 353 g/mol. The standard InChI is InChI=1S/C21H27N3O2/c1-6-14(2)23-19(25)15-11-16(13-22-12-15)20(26)24-18-9-7-17(8-10-18)21(3,4)5/h7-14H,6H2,1-5H3,(H,23,25)(H,24,26). The van der Waals surface area contributed by atoms with Crippen molar-refractivity contribution in [1.29, 1.82) is 0 Å². The van der Waals surface area contributed by atoms with Crippen LogP contribution in [0.2, 0.25) is 0 Å². The second-order valence-corrected chi connectivity index (χ2v) is 7.53. The van der Waals surface area contributed by atoms with E-state index in [1.807, 2.05) is 38.1 Å². The summed E-state index contributed by atoms with van der Waals surface area (Å²) in [6.45, 7) is 10.4. The monoisotopic (exact) mass is 353 g/mol. The summed E-state index contributed by atoms with van der Waals surface area (Å²) >= 11 is 0. The van der Waals surface area contributed by atoms with E-state index in [-0.39, 0.29) is 23.3 Å². The number of aromatic nitrogens is 1. The van der Waals surface area contributed by atoms with Gasteiger partial charge in [0.15, 0.2) is 0 Å². The molecule has 0 radical (unpaired) electrons. The van der Waals surface area contributed by atoms with Crippen molar-refractivity contribution >= 4 is 17.5 Å². The van der Waals surface area contributed by atoms with Crippen molar-refractivity contribution in [2.24, 2.45) is 0 Å². The fraction of sp³-hybridized carbons (Fsp3) is 0.381. The maximum absolute atomic E-state index is 12.5. The summed E-state index contributed by atoms with van der Waals surface area (Å²) in [6, 6.07) is 9.40. The lowest BCUT2D eigenvalue weighted by molar-refractivity contribution is 0.0939. The smallest absolute Gasteiger partial charge is 0.257 e. The molecular formula is C21H27N3O2. The molecule has 0 saturated heterocycles. The molecular weight excluding hydrogens is 326 g/mol. The number of pyridine rings is 1. The van der Waals surface area contributed by atoms with Crippen molar-refractivity contribution in [2.45, 2.75) is 52.5 Å². The highest BCUT2D eigenvalue weighted by molar-refractivity contribution is 6.05. The number of nitrogens with zero attached hydrogens (tertiary/aromatic N) is 1. The van der Waals surface area contributed by atoms with E-state index in [0.29, 0.717) is 16.8 Å². The van der Waals surface area contributed by atoms with E-state index < -0.39 is 0 Å². The fourth-order valence-corrected chi connectivity index (χ4v) is 2.35. The van der Waals surface area contributed by atoms with Crippen molar-refractivity contribution in [2.75, 3.05) is 5.32 Å². The Labute approximate surface area is 155 Å². The highest BCUT2D eigenvalue weighted by Gasteiger charge is 2.15. The van der Waals surface area contributed by atoms with Gasteiger partial charge in [0.2, 0.25) is 0 Å². The Hall–Kier alpha value is -2.69. The first-order chi connectivity index (χ1) is 12.2. The molecule has 1 aromatic carbocycles. The van der Waals surface area contributed by atoms with Crippen LogP contribution in [-0.4, -0.2) is 22.8 Å². The molecule has 5 heteroatoms. The summed E-state index contributed by atoms with van der Waals surface area (Å²) in [5.41, 5.74) is 2.69. The second-order valence-electron chi connectivity index (χ2n) is 7.53. The number of nitrogens with one attached hydrogen (secondary N) is 2. The Morgan fingerprint density at radius 2 is 1.62 bits per heavy atom. The maximum atomic E-state index is 12.5. The zero-order valence-corrected chi connectivity index (χ0v) is 16.1. The minimum Gasteiger partial charge on any atom is -0.350 e. The van der Waals surface area contributed by atoms with Crippen LogP contribution in [0.1, 0.15) is 67.3 Å². The molecule has 138 valence electrons. The molecule has 1 aromatic heterocycles. The first kappa shape index (κ1) is 19.6. The molecule has 5 nitrogen and oxygen atoms in total. The van der Waals surface area contributed by atoms with E-state index in [1.165, 1.54) is 18.0 Å². The van der Waals surface area contributed by atoms with Gasteiger partial charge >= 0.3 is 0 Å². The number of rotatable bonds is 5. The van der Waals surface area contributed by atoms with Crippen molar-refractivity contribution in [3.05, 3.63) is 59.4 Å². The molecule has 0 aliphatic rings. The Bertz CT molecular complexity index is 777. The summed E-state index contributed by atoms with van der Waals surface area (Å²) in [5, 5.41) is 5.72. The average Bonchev–Trinajstić information content (AvgIpc) is 2.61. The number of carbonyl (C=O) groups is 2. The minimum absolute atomic E-state index is 0.0593. The zero-order valence-electron chi connectivity index (χ0n) is 16.1. The molecule has 26 heavy (non-hydrogen) atoms. The van der Waals surface area contributed by atoms with Crippen LogP contribution in [-0.2, 0) is 5.41 Å². The number of anilines is 1. The summed E-state index contributed by atoms with van der Waals surface area (Å²) in [4.78, 5) is 28.7. The van der Waals surface area contributed by atoms with Crippen LogP contribution in [0.5, 0.6) is 0 Å². The largest absolute Gasteiger partial charge is 0.350 e. The number of benzene rings is 1. The van der Waals surface area contributed by atoms with E-state index in [9.17, 15) is 9.59 Å². The predicted octanol–water partition coefficient (Wildman–Crippen LogP) is 4.16. The van der Waals surface area contributed by atoms with Crippen LogP contribution < -0.4 is 10.6 Å². The topological polar surface area (TPSA) is 71.1 Å². The van der Waals surface area contributed by atoms with Gasteiger partial charge < -0.3 is 10.6 Å². The molecule has 2 amide bonds. The molecule has 0 aliphatic heterocycles. The van der Waals surface area contributed by atoms with E-state index in [4.69, 9.17) is 0 Å². The van der Waals surface area contributed by atoms with Gasteiger partial charge in [-0.25, -0.2) is 0 Å². The van der Waals surface area contributed by atoms with Gasteiger partial charge in [-0.1, -0.05) is 39.8 Å². The Balaban J connectivity index is 2.10. The third-order valence-corrected chi connectivity index (χ3v) is 4.26. The lowest BCUT2D eigenvalue weighted by atomic mass is 9.87. The summed E-state index contributed by atoms with van der Waals surface area (Å²) < 4.78 is 0. The number of hydrogen-bond donors (Lipinski definition) is 2. The Morgan fingerprint density at radius 3 is 2.15 bits per heavy atom. The fourth-order valence-electron chi connectivity index (χ4n) is 2.35. The van der Waals surface area contributed by atoms with Gasteiger partial charge in [-0.15, -0.1) is 0 Å². The zero-order chi connectivity index (χ0) is 19.3. The van der Waals surface area contributed by atoms with Crippen molar-refractivity contribution < 1.29 is 9.59 Å². The van der Waals surface area contributed by atoms with Crippen molar-refractivity contribution in [1.82, 2.24) is 10.3 Å². The molecule has 2 rings (SSSR count). The van der Waals surface area contributed by atoms with Gasteiger partial charge in [-0.2, -0.15) is 0 Å². The third-order valence-electron chi connectivity index (χ3n) is 4.26. The number of amides is 2.